The number of ether oxygens (including phenoxy) is 2. The summed E-state index contributed by atoms with van der Waals surface area (Å²) in [6.07, 6.45) is 1.39. The number of Topliss-reactive ketones (excluding diaryl/α,β-unsaturated/α-hetero) is 2. The fourth-order valence-electron chi connectivity index (χ4n) is 4.18. The Morgan fingerprint density at radius 2 is 1.82 bits per heavy atom. The van der Waals surface area contributed by atoms with E-state index < -0.39 is 52.6 Å². The quantitative estimate of drug-likeness (QED) is 0.443. The molecule has 0 aromatic heterocycles. The molecule has 1 fully saturated rings. The molecule has 0 heterocycles. The van der Waals surface area contributed by atoms with Gasteiger partial charge in [-0.15, -0.1) is 0 Å². The summed E-state index contributed by atoms with van der Waals surface area (Å²) < 4.78 is 10.8. The maximum absolute atomic E-state index is 13.0. The zero-order valence-electron chi connectivity index (χ0n) is 17.2. The molecular weight excluding hydrogens is 364 g/mol. The number of carbonyl (C=O) groups excluding carboxylic acids is 4. The molecule has 7 nitrogen and oxygen atoms in total. The van der Waals surface area contributed by atoms with Crippen LogP contribution >= 0.6 is 0 Å². The van der Waals surface area contributed by atoms with Crippen molar-refractivity contribution in [3.05, 3.63) is 23.3 Å². The third-order valence-electron chi connectivity index (χ3n) is 6.30. The smallest absolute Gasteiger partial charge is 0.334 e. The van der Waals surface area contributed by atoms with E-state index in [4.69, 9.17) is 9.47 Å². The van der Waals surface area contributed by atoms with Gasteiger partial charge in [0.05, 0.1) is 5.57 Å². The standard InChI is InChI=1S/C21H28O7/c1-7-11(2)19(25)28-18-17(24)15(13(4)22)10-20(6)12(3)16(27-14(5)23)8-9-21(18,20)26/h7,10,12,16,18,26H,8-9H2,1-6H3. The normalized spacial score (nSPS) is 35.5. The molecule has 0 radical (unpaired) electrons. The van der Waals surface area contributed by atoms with Gasteiger partial charge in [0, 0.05) is 23.8 Å². The fourth-order valence-corrected chi connectivity index (χ4v) is 4.18. The molecular formula is C21H28O7. The van der Waals surface area contributed by atoms with Gasteiger partial charge in [0.15, 0.2) is 11.9 Å². The minimum absolute atomic E-state index is 0.0754. The van der Waals surface area contributed by atoms with Crippen molar-refractivity contribution in [3.63, 3.8) is 0 Å². The predicted octanol–water partition coefficient (Wildman–Crippen LogP) is 2.06. The summed E-state index contributed by atoms with van der Waals surface area (Å²) in [6, 6.07) is 0. The van der Waals surface area contributed by atoms with Crippen LogP contribution in [0.4, 0.5) is 0 Å². The zero-order valence-corrected chi connectivity index (χ0v) is 17.2. The highest BCUT2D eigenvalue weighted by molar-refractivity contribution is 6.22. The summed E-state index contributed by atoms with van der Waals surface area (Å²) in [5.74, 6) is -2.76. The predicted molar refractivity (Wildman–Crippen MR) is 100 cm³/mol. The molecule has 2 rings (SSSR count). The maximum atomic E-state index is 13.0. The van der Waals surface area contributed by atoms with Crippen LogP contribution < -0.4 is 0 Å². The third-order valence-corrected chi connectivity index (χ3v) is 6.30. The highest BCUT2D eigenvalue weighted by Crippen LogP contribution is 2.55. The molecule has 5 unspecified atom stereocenters. The molecule has 28 heavy (non-hydrogen) atoms. The summed E-state index contributed by atoms with van der Waals surface area (Å²) in [6.45, 7) is 9.25. The molecule has 0 aromatic rings. The Balaban J connectivity index is 2.57. The fraction of sp³-hybridized carbons (Fsp3) is 0.619. The topological polar surface area (TPSA) is 107 Å². The molecule has 1 saturated carbocycles. The van der Waals surface area contributed by atoms with Crippen molar-refractivity contribution in [1.29, 1.82) is 0 Å². The highest BCUT2D eigenvalue weighted by atomic mass is 16.6. The lowest BCUT2D eigenvalue weighted by atomic mass is 9.52. The zero-order chi connectivity index (χ0) is 21.4. The Hall–Kier alpha value is -2.28. The monoisotopic (exact) mass is 392 g/mol. The first-order valence-corrected chi connectivity index (χ1v) is 9.40. The second kappa shape index (κ2) is 7.62. The van der Waals surface area contributed by atoms with E-state index in [-0.39, 0.29) is 12.0 Å². The lowest BCUT2D eigenvalue weighted by Crippen LogP contribution is -2.67. The molecule has 0 bridgehead atoms. The SMILES string of the molecule is CC=C(C)C(=O)OC1C(=O)C(C(C)=O)=CC2(C)C(C)C(OC(C)=O)CCC12O. The van der Waals surface area contributed by atoms with Crippen LogP contribution in [0.25, 0.3) is 0 Å². The first kappa shape index (κ1) is 22.0. The van der Waals surface area contributed by atoms with Crippen molar-refractivity contribution in [3.8, 4) is 0 Å². The van der Waals surface area contributed by atoms with Gasteiger partial charge in [0.1, 0.15) is 11.7 Å². The van der Waals surface area contributed by atoms with Crippen molar-refractivity contribution < 1.29 is 33.8 Å². The summed E-state index contributed by atoms with van der Waals surface area (Å²) >= 11 is 0. The summed E-state index contributed by atoms with van der Waals surface area (Å²) in [4.78, 5) is 48.9. The molecule has 0 saturated heterocycles. The molecule has 7 heteroatoms. The Kier molecular flexibility index (Phi) is 5.99. The molecule has 0 aliphatic heterocycles. The van der Waals surface area contributed by atoms with Crippen LogP contribution in [0.5, 0.6) is 0 Å². The second-order valence-corrected chi connectivity index (χ2v) is 7.92. The van der Waals surface area contributed by atoms with Crippen LogP contribution in [-0.4, -0.2) is 46.4 Å². The molecule has 2 aliphatic rings. The van der Waals surface area contributed by atoms with Gasteiger partial charge in [-0.2, -0.15) is 0 Å². The molecule has 0 spiro atoms. The molecule has 5 atom stereocenters. The van der Waals surface area contributed by atoms with Crippen molar-refractivity contribution in [2.24, 2.45) is 11.3 Å². The Bertz CT molecular complexity index is 778. The Labute approximate surface area is 164 Å². The minimum Gasteiger partial charge on any atom is -0.462 e. The first-order valence-electron chi connectivity index (χ1n) is 9.40. The van der Waals surface area contributed by atoms with Gasteiger partial charge in [0.2, 0.25) is 5.78 Å². The number of carbonyl (C=O) groups is 4. The second-order valence-electron chi connectivity index (χ2n) is 7.92. The number of rotatable bonds is 4. The summed E-state index contributed by atoms with van der Waals surface area (Å²) in [5.41, 5.74) is -2.66. The van der Waals surface area contributed by atoms with Gasteiger partial charge in [-0.05, 0) is 33.6 Å². The van der Waals surface area contributed by atoms with E-state index in [1.165, 1.54) is 19.9 Å². The van der Waals surface area contributed by atoms with Gasteiger partial charge in [-0.3, -0.25) is 14.4 Å². The third kappa shape index (κ3) is 3.43. The number of aliphatic hydroxyl groups is 1. The minimum atomic E-state index is -1.72. The maximum Gasteiger partial charge on any atom is 0.334 e. The molecule has 1 N–H and O–H groups in total. The lowest BCUT2D eigenvalue weighted by Gasteiger charge is -2.56. The van der Waals surface area contributed by atoms with Crippen molar-refractivity contribution in [1.82, 2.24) is 0 Å². The molecule has 0 aromatic carbocycles. The summed E-state index contributed by atoms with van der Waals surface area (Å²) in [5, 5.41) is 11.6. The van der Waals surface area contributed by atoms with Crippen LogP contribution in [-0.2, 0) is 28.7 Å². The van der Waals surface area contributed by atoms with E-state index in [0.29, 0.717) is 12.0 Å². The van der Waals surface area contributed by atoms with E-state index in [1.807, 2.05) is 0 Å². The number of ketones is 2. The highest BCUT2D eigenvalue weighted by Gasteiger charge is 2.64. The van der Waals surface area contributed by atoms with E-state index in [0.717, 1.165) is 0 Å². The average molecular weight is 392 g/mol. The van der Waals surface area contributed by atoms with Gasteiger partial charge < -0.3 is 14.6 Å². The molecule has 2 aliphatic carbocycles. The van der Waals surface area contributed by atoms with E-state index in [2.05, 4.69) is 0 Å². The lowest BCUT2D eigenvalue weighted by molar-refractivity contribution is -0.216. The van der Waals surface area contributed by atoms with Crippen LogP contribution in [0, 0.1) is 11.3 Å². The van der Waals surface area contributed by atoms with E-state index in [9.17, 15) is 24.3 Å². The van der Waals surface area contributed by atoms with Crippen LogP contribution in [0.3, 0.4) is 0 Å². The number of esters is 2. The first-order chi connectivity index (χ1) is 12.9. The van der Waals surface area contributed by atoms with Crippen LogP contribution in [0.15, 0.2) is 23.3 Å². The van der Waals surface area contributed by atoms with Crippen molar-refractivity contribution >= 4 is 23.5 Å². The van der Waals surface area contributed by atoms with Crippen LogP contribution in [0.2, 0.25) is 0 Å². The van der Waals surface area contributed by atoms with Crippen molar-refractivity contribution in [2.75, 3.05) is 0 Å². The Morgan fingerprint density at radius 3 is 2.32 bits per heavy atom. The van der Waals surface area contributed by atoms with E-state index >= 15 is 0 Å². The number of allylic oxidation sites excluding steroid dienone is 1. The summed E-state index contributed by atoms with van der Waals surface area (Å²) in [7, 11) is 0. The average Bonchev–Trinajstić information content (AvgIpc) is 2.62. The van der Waals surface area contributed by atoms with Gasteiger partial charge in [0.25, 0.3) is 0 Å². The van der Waals surface area contributed by atoms with Gasteiger partial charge in [-0.25, -0.2) is 4.79 Å². The number of hydrogen-bond donors (Lipinski definition) is 1. The van der Waals surface area contributed by atoms with Crippen molar-refractivity contribution in [2.45, 2.75) is 72.2 Å². The van der Waals surface area contributed by atoms with Gasteiger partial charge >= 0.3 is 11.9 Å². The molecule has 154 valence electrons. The van der Waals surface area contributed by atoms with E-state index in [1.54, 1.807) is 33.8 Å². The van der Waals surface area contributed by atoms with Crippen LogP contribution in [0.1, 0.15) is 54.4 Å². The number of fused-ring (bicyclic) bond motifs is 1. The van der Waals surface area contributed by atoms with Gasteiger partial charge in [-0.1, -0.05) is 26.0 Å². The number of hydrogen-bond acceptors (Lipinski definition) is 7. The largest absolute Gasteiger partial charge is 0.462 e. The molecule has 0 amide bonds. The Morgan fingerprint density at radius 1 is 1.21 bits per heavy atom.